The molecule has 0 saturated heterocycles. The molecule has 0 saturated carbocycles. The Kier molecular flexibility index (Phi) is 8.19. The van der Waals surface area contributed by atoms with E-state index >= 15 is 0 Å². The van der Waals surface area contributed by atoms with E-state index in [0.717, 1.165) is 22.7 Å². The Balaban J connectivity index is 1.07. The van der Waals surface area contributed by atoms with Crippen molar-refractivity contribution in [3.05, 3.63) is 231 Å². The second kappa shape index (κ2) is 14.1. The van der Waals surface area contributed by atoms with Crippen LogP contribution in [0.5, 0.6) is 0 Å². The Morgan fingerprint density at radius 1 is 0.293 bits per heavy atom. The number of fused-ring (bicyclic) bond motifs is 5. The van der Waals surface area contributed by atoms with E-state index in [1.54, 1.807) is 0 Å². The molecule has 2 heteroatoms. The van der Waals surface area contributed by atoms with Crippen molar-refractivity contribution >= 4 is 60.4 Å². The highest BCUT2D eigenvalue weighted by Gasteiger charge is 2.20. The van der Waals surface area contributed by atoms with Gasteiger partial charge in [-0.25, -0.2) is 0 Å². The molecule has 0 spiro atoms. The molecular formula is C56H38N2. The SMILES string of the molecule is c1ccc(-c2ccc(N(c3cc(-c4ccccc4)c4ccccc4c3)c3ccc(-c4ccc(-n5c6ccccc6c6ccccc65)cc4)c4ccccc34)cc2)cc1. The topological polar surface area (TPSA) is 8.17 Å². The average molecular weight is 739 g/mol. The smallest absolute Gasteiger partial charge is 0.0541 e. The van der Waals surface area contributed by atoms with Crippen LogP contribution in [0.1, 0.15) is 0 Å². The Labute approximate surface area is 338 Å². The summed E-state index contributed by atoms with van der Waals surface area (Å²) in [5.41, 5.74) is 14.1. The van der Waals surface area contributed by atoms with Gasteiger partial charge in [0.1, 0.15) is 0 Å². The molecule has 0 amide bonds. The fourth-order valence-electron chi connectivity index (χ4n) is 8.86. The predicted octanol–water partition coefficient (Wildman–Crippen LogP) is 15.6. The molecule has 11 rings (SSSR count). The number of hydrogen-bond donors (Lipinski definition) is 0. The van der Waals surface area contributed by atoms with E-state index in [9.17, 15) is 0 Å². The summed E-state index contributed by atoms with van der Waals surface area (Å²) in [7, 11) is 0. The molecular weight excluding hydrogens is 701 g/mol. The molecule has 0 unspecified atom stereocenters. The van der Waals surface area contributed by atoms with Crippen molar-refractivity contribution in [3.63, 3.8) is 0 Å². The van der Waals surface area contributed by atoms with E-state index in [0.29, 0.717) is 0 Å². The summed E-state index contributed by atoms with van der Waals surface area (Å²) in [6.45, 7) is 0. The summed E-state index contributed by atoms with van der Waals surface area (Å²) < 4.78 is 2.38. The van der Waals surface area contributed by atoms with Gasteiger partial charge in [-0.2, -0.15) is 0 Å². The highest BCUT2D eigenvalue weighted by atomic mass is 15.1. The molecule has 11 aromatic rings. The molecule has 2 nitrogen and oxygen atoms in total. The van der Waals surface area contributed by atoms with Crippen LogP contribution in [0.2, 0.25) is 0 Å². The van der Waals surface area contributed by atoms with Crippen LogP contribution in [0.25, 0.3) is 82.4 Å². The summed E-state index contributed by atoms with van der Waals surface area (Å²) in [6, 6.07) is 83.7. The Morgan fingerprint density at radius 2 is 0.793 bits per heavy atom. The van der Waals surface area contributed by atoms with E-state index in [2.05, 4.69) is 240 Å². The minimum absolute atomic E-state index is 1.10. The normalized spacial score (nSPS) is 11.4. The van der Waals surface area contributed by atoms with Crippen LogP contribution in [-0.4, -0.2) is 4.57 Å². The molecule has 10 aromatic carbocycles. The minimum Gasteiger partial charge on any atom is -0.310 e. The number of anilines is 3. The Hall–Kier alpha value is -7.68. The molecule has 0 bridgehead atoms. The Bertz CT molecular complexity index is 3200. The van der Waals surface area contributed by atoms with Gasteiger partial charge in [-0.15, -0.1) is 0 Å². The molecule has 1 heterocycles. The molecule has 58 heavy (non-hydrogen) atoms. The lowest BCUT2D eigenvalue weighted by molar-refractivity contribution is 1.18. The van der Waals surface area contributed by atoms with E-state index in [4.69, 9.17) is 0 Å². The maximum Gasteiger partial charge on any atom is 0.0541 e. The molecule has 0 atom stereocenters. The quantitative estimate of drug-likeness (QED) is 0.158. The van der Waals surface area contributed by atoms with Gasteiger partial charge in [-0.05, 0) is 104 Å². The lowest BCUT2D eigenvalue weighted by Gasteiger charge is -2.29. The molecule has 0 N–H and O–H groups in total. The third-order valence-corrected chi connectivity index (χ3v) is 11.6. The van der Waals surface area contributed by atoms with Crippen LogP contribution in [0.3, 0.4) is 0 Å². The summed E-state index contributed by atoms with van der Waals surface area (Å²) in [4.78, 5) is 2.44. The van der Waals surface area contributed by atoms with E-state index in [1.807, 2.05) is 0 Å². The zero-order chi connectivity index (χ0) is 38.4. The van der Waals surface area contributed by atoms with Crippen molar-refractivity contribution < 1.29 is 0 Å². The fraction of sp³-hybridized carbons (Fsp3) is 0. The molecule has 1 aromatic heterocycles. The van der Waals surface area contributed by atoms with Crippen LogP contribution in [0.4, 0.5) is 17.1 Å². The second-order valence-corrected chi connectivity index (χ2v) is 14.9. The van der Waals surface area contributed by atoms with Crippen molar-refractivity contribution in [2.24, 2.45) is 0 Å². The van der Waals surface area contributed by atoms with Gasteiger partial charge in [0.25, 0.3) is 0 Å². The molecule has 0 radical (unpaired) electrons. The van der Waals surface area contributed by atoms with Crippen molar-refractivity contribution in [1.82, 2.24) is 4.57 Å². The van der Waals surface area contributed by atoms with Gasteiger partial charge >= 0.3 is 0 Å². The summed E-state index contributed by atoms with van der Waals surface area (Å²) in [6.07, 6.45) is 0. The lowest BCUT2D eigenvalue weighted by atomic mass is 9.94. The van der Waals surface area contributed by atoms with Gasteiger partial charge in [0.05, 0.1) is 16.7 Å². The second-order valence-electron chi connectivity index (χ2n) is 14.9. The highest BCUT2D eigenvalue weighted by Crippen LogP contribution is 2.45. The first-order chi connectivity index (χ1) is 28.8. The zero-order valence-electron chi connectivity index (χ0n) is 31.8. The largest absolute Gasteiger partial charge is 0.310 e. The van der Waals surface area contributed by atoms with Crippen molar-refractivity contribution in [2.45, 2.75) is 0 Å². The van der Waals surface area contributed by atoms with Gasteiger partial charge in [0.2, 0.25) is 0 Å². The zero-order valence-corrected chi connectivity index (χ0v) is 31.8. The van der Waals surface area contributed by atoms with Gasteiger partial charge in [-0.3, -0.25) is 0 Å². The van der Waals surface area contributed by atoms with E-state index in [1.165, 1.54) is 76.7 Å². The molecule has 0 aliphatic carbocycles. The number of nitrogens with zero attached hydrogens (tertiary/aromatic N) is 2. The maximum absolute atomic E-state index is 2.44. The number of para-hydroxylation sites is 2. The van der Waals surface area contributed by atoms with Gasteiger partial charge in [-0.1, -0.05) is 176 Å². The van der Waals surface area contributed by atoms with E-state index < -0.39 is 0 Å². The van der Waals surface area contributed by atoms with Crippen LogP contribution in [-0.2, 0) is 0 Å². The van der Waals surface area contributed by atoms with Gasteiger partial charge in [0, 0.05) is 33.2 Å². The molecule has 272 valence electrons. The number of benzene rings is 10. The summed E-state index contributed by atoms with van der Waals surface area (Å²) >= 11 is 0. The minimum atomic E-state index is 1.10. The monoisotopic (exact) mass is 738 g/mol. The van der Waals surface area contributed by atoms with Crippen molar-refractivity contribution in [3.8, 4) is 39.1 Å². The average Bonchev–Trinajstić information content (AvgIpc) is 3.64. The summed E-state index contributed by atoms with van der Waals surface area (Å²) in [5.74, 6) is 0. The van der Waals surface area contributed by atoms with Gasteiger partial charge < -0.3 is 9.47 Å². The van der Waals surface area contributed by atoms with E-state index in [-0.39, 0.29) is 0 Å². The maximum atomic E-state index is 2.44. The van der Waals surface area contributed by atoms with Crippen LogP contribution in [0, 0.1) is 0 Å². The van der Waals surface area contributed by atoms with Crippen molar-refractivity contribution in [2.75, 3.05) is 4.90 Å². The van der Waals surface area contributed by atoms with Crippen LogP contribution >= 0.6 is 0 Å². The third kappa shape index (κ3) is 5.74. The number of rotatable bonds is 7. The molecule has 0 fully saturated rings. The predicted molar refractivity (Wildman–Crippen MR) is 247 cm³/mol. The first-order valence-corrected chi connectivity index (χ1v) is 19.9. The number of hydrogen-bond acceptors (Lipinski definition) is 1. The van der Waals surface area contributed by atoms with Gasteiger partial charge in [0.15, 0.2) is 0 Å². The first-order valence-electron chi connectivity index (χ1n) is 19.9. The molecule has 0 aliphatic heterocycles. The van der Waals surface area contributed by atoms with Crippen LogP contribution in [0.15, 0.2) is 231 Å². The fourth-order valence-corrected chi connectivity index (χ4v) is 8.86. The highest BCUT2D eigenvalue weighted by molar-refractivity contribution is 6.10. The molecule has 0 aliphatic rings. The summed E-state index contributed by atoms with van der Waals surface area (Å²) in [5, 5.41) is 7.37. The third-order valence-electron chi connectivity index (χ3n) is 11.6. The number of aromatic nitrogens is 1. The first kappa shape index (κ1) is 33.6. The van der Waals surface area contributed by atoms with Crippen molar-refractivity contribution in [1.29, 1.82) is 0 Å². The lowest BCUT2D eigenvalue weighted by Crippen LogP contribution is -2.11. The standard InChI is InChI=1S/C56H38N2/c1-3-15-39(16-4-1)40-27-31-44(32-28-40)57(46-37-43-19-7-8-20-47(43)53(38-46)41-17-5-2-6-18-41)56-36-35-48(49-21-9-10-22-50(49)56)42-29-33-45(34-30-42)58-54-25-13-11-23-51(54)52-24-12-14-26-55(52)58/h1-38H. The Morgan fingerprint density at radius 3 is 1.47 bits per heavy atom. The van der Waals surface area contributed by atoms with Crippen LogP contribution < -0.4 is 4.90 Å².